The van der Waals surface area contributed by atoms with Gasteiger partial charge in [0.25, 0.3) is 0 Å². The lowest BCUT2D eigenvalue weighted by atomic mass is 10.1. The average molecular weight is 174 g/mol. The summed E-state index contributed by atoms with van der Waals surface area (Å²) in [5.41, 5.74) is 5.36. The number of rotatable bonds is 5. The van der Waals surface area contributed by atoms with Crippen molar-refractivity contribution in [1.29, 1.82) is 0 Å². The van der Waals surface area contributed by atoms with Crippen LogP contribution in [0.15, 0.2) is 0 Å². The number of hydrogen-bond donors (Lipinski definition) is 3. The highest BCUT2D eigenvalue weighted by Gasteiger charge is 2.12. The summed E-state index contributed by atoms with van der Waals surface area (Å²) < 4.78 is 0. The van der Waals surface area contributed by atoms with E-state index in [1.807, 2.05) is 6.92 Å². The van der Waals surface area contributed by atoms with Gasteiger partial charge in [-0.15, -0.1) is 0 Å². The smallest absolute Gasteiger partial charge is 0.236 e. The van der Waals surface area contributed by atoms with E-state index in [1.165, 1.54) is 0 Å². The Hall–Kier alpha value is -0.610. The average Bonchev–Trinajstić information content (AvgIpc) is 2.03. The first-order valence-corrected chi connectivity index (χ1v) is 4.28. The van der Waals surface area contributed by atoms with Crippen molar-refractivity contribution in [2.45, 2.75) is 38.8 Å². The normalized spacial score (nSPS) is 15.3. The molecule has 0 rings (SSSR count). The summed E-state index contributed by atoms with van der Waals surface area (Å²) in [6, 6.07) is -0.425. The molecule has 0 aliphatic heterocycles. The van der Waals surface area contributed by atoms with Crippen molar-refractivity contribution in [3.05, 3.63) is 0 Å². The molecule has 4 nitrogen and oxygen atoms in total. The van der Waals surface area contributed by atoms with Crippen LogP contribution >= 0.6 is 0 Å². The van der Waals surface area contributed by atoms with E-state index >= 15 is 0 Å². The molecule has 1 amide bonds. The Morgan fingerprint density at radius 2 is 2.25 bits per heavy atom. The minimum absolute atomic E-state index is 0.0495. The van der Waals surface area contributed by atoms with E-state index in [-0.39, 0.29) is 18.6 Å². The van der Waals surface area contributed by atoms with Gasteiger partial charge in [-0.05, 0) is 19.8 Å². The number of hydrogen-bond acceptors (Lipinski definition) is 3. The number of amides is 1. The molecule has 0 bridgehead atoms. The van der Waals surface area contributed by atoms with Crippen molar-refractivity contribution in [2.75, 3.05) is 6.61 Å². The highest BCUT2D eigenvalue weighted by Crippen LogP contribution is 1.96. The first kappa shape index (κ1) is 11.4. The molecule has 4 heteroatoms. The Kier molecular flexibility index (Phi) is 5.66. The van der Waals surface area contributed by atoms with Gasteiger partial charge in [0.1, 0.15) is 0 Å². The molecule has 0 saturated carbocycles. The van der Waals surface area contributed by atoms with Crippen LogP contribution in [0.4, 0.5) is 0 Å². The fraction of sp³-hybridized carbons (Fsp3) is 0.875. The van der Waals surface area contributed by atoms with E-state index < -0.39 is 6.04 Å². The third-order valence-corrected chi connectivity index (χ3v) is 1.73. The second-order valence-electron chi connectivity index (χ2n) is 2.91. The zero-order valence-electron chi connectivity index (χ0n) is 7.71. The number of aliphatic hydroxyl groups excluding tert-OH is 1. The highest BCUT2D eigenvalue weighted by atomic mass is 16.3. The Labute approximate surface area is 73.1 Å². The van der Waals surface area contributed by atoms with Crippen molar-refractivity contribution in [2.24, 2.45) is 5.73 Å². The summed E-state index contributed by atoms with van der Waals surface area (Å²) >= 11 is 0. The molecule has 0 spiro atoms. The van der Waals surface area contributed by atoms with Gasteiger partial charge in [0.05, 0.1) is 6.04 Å². The van der Waals surface area contributed by atoms with E-state index in [0.29, 0.717) is 6.42 Å². The van der Waals surface area contributed by atoms with Gasteiger partial charge < -0.3 is 16.2 Å². The molecule has 0 saturated heterocycles. The Morgan fingerprint density at radius 1 is 1.67 bits per heavy atom. The number of carbonyl (C=O) groups excluding carboxylic acids is 1. The minimum atomic E-state index is -0.474. The lowest BCUT2D eigenvalue weighted by molar-refractivity contribution is -0.122. The monoisotopic (exact) mass is 174 g/mol. The SMILES string of the molecule is CCC(CCO)NC(=O)[C@H](C)N. The van der Waals surface area contributed by atoms with Crippen LogP contribution in [0.5, 0.6) is 0 Å². The molecule has 0 aromatic heterocycles. The maximum atomic E-state index is 11.1. The molecule has 2 atom stereocenters. The largest absolute Gasteiger partial charge is 0.396 e. The van der Waals surface area contributed by atoms with Crippen LogP contribution in [0.3, 0.4) is 0 Å². The van der Waals surface area contributed by atoms with Crippen molar-refractivity contribution < 1.29 is 9.90 Å². The van der Waals surface area contributed by atoms with E-state index in [2.05, 4.69) is 5.32 Å². The van der Waals surface area contributed by atoms with Crippen LogP contribution in [-0.4, -0.2) is 29.7 Å². The van der Waals surface area contributed by atoms with Crippen molar-refractivity contribution in [3.63, 3.8) is 0 Å². The van der Waals surface area contributed by atoms with E-state index in [9.17, 15) is 4.79 Å². The van der Waals surface area contributed by atoms with E-state index in [1.54, 1.807) is 6.92 Å². The number of aliphatic hydroxyl groups is 1. The quantitative estimate of drug-likeness (QED) is 0.531. The lowest BCUT2D eigenvalue weighted by Crippen LogP contribution is -2.43. The first-order chi connectivity index (χ1) is 5.61. The van der Waals surface area contributed by atoms with E-state index in [0.717, 1.165) is 6.42 Å². The molecule has 0 radical (unpaired) electrons. The highest BCUT2D eigenvalue weighted by molar-refractivity contribution is 5.81. The number of carbonyl (C=O) groups is 1. The van der Waals surface area contributed by atoms with Crippen LogP contribution in [0.2, 0.25) is 0 Å². The van der Waals surface area contributed by atoms with Crippen LogP contribution in [0, 0.1) is 0 Å². The fourth-order valence-corrected chi connectivity index (χ4v) is 0.867. The topological polar surface area (TPSA) is 75.3 Å². The Balaban J connectivity index is 3.77. The van der Waals surface area contributed by atoms with Crippen molar-refractivity contribution >= 4 is 5.91 Å². The zero-order valence-corrected chi connectivity index (χ0v) is 7.71. The van der Waals surface area contributed by atoms with Crippen molar-refractivity contribution in [1.82, 2.24) is 5.32 Å². The molecule has 0 aliphatic carbocycles. The molecule has 0 aromatic rings. The van der Waals surface area contributed by atoms with Gasteiger partial charge in [-0.2, -0.15) is 0 Å². The summed E-state index contributed by atoms with van der Waals surface area (Å²) in [5.74, 6) is -0.157. The number of nitrogens with two attached hydrogens (primary N) is 1. The standard InChI is InChI=1S/C8H18N2O2/c1-3-7(4-5-11)10-8(12)6(2)9/h6-7,11H,3-5,9H2,1-2H3,(H,10,12)/t6-,7?/m0/s1. The van der Waals surface area contributed by atoms with Crippen LogP contribution in [0.1, 0.15) is 26.7 Å². The molecule has 72 valence electrons. The predicted octanol–water partition coefficient (Wildman–Crippen LogP) is -0.389. The zero-order chi connectivity index (χ0) is 9.56. The summed E-state index contributed by atoms with van der Waals surface area (Å²) in [6.07, 6.45) is 1.41. The van der Waals surface area contributed by atoms with Gasteiger partial charge in [-0.1, -0.05) is 6.92 Å². The molecule has 4 N–H and O–H groups in total. The molecular formula is C8H18N2O2. The molecule has 1 unspecified atom stereocenters. The predicted molar refractivity (Wildman–Crippen MR) is 47.6 cm³/mol. The first-order valence-electron chi connectivity index (χ1n) is 4.28. The second-order valence-corrected chi connectivity index (χ2v) is 2.91. The maximum absolute atomic E-state index is 11.1. The summed E-state index contributed by atoms with van der Waals surface area (Å²) in [6.45, 7) is 3.69. The van der Waals surface area contributed by atoms with Crippen LogP contribution in [0.25, 0.3) is 0 Å². The third kappa shape index (κ3) is 4.31. The summed E-state index contributed by atoms with van der Waals surface area (Å²) in [5, 5.41) is 11.4. The van der Waals surface area contributed by atoms with Gasteiger partial charge in [0, 0.05) is 12.6 Å². The van der Waals surface area contributed by atoms with Gasteiger partial charge in [0.2, 0.25) is 5.91 Å². The fourth-order valence-electron chi connectivity index (χ4n) is 0.867. The van der Waals surface area contributed by atoms with Crippen LogP contribution < -0.4 is 11.1 Å². The lowest BCUT2D eigenvalue weighted by Gasteiger charge is -2.16. The number of nitrogens with one attached hydrogen (secondary N) is 1. The minimum Gasteiger partial charge on any atom is -0.396 e. The van der Waals surface area contributed by atoms with E-state index in [4.69, 9.17) is 10.8 Å². The summed E-state index contributed by atoms with van der Waals surface area (Å²) in [4.78, 5) is 11.1. The van der Waals surface area contributed by atoms with Gasteiger partial charge in [0.15, 0.2) is 0 Å². The second kappa shape index (κ2) is 5.97. The van der Waals surface area contributed by atoms with Crippen LogP contribution in [-0.2, 0) is 4.79 Å². The molecule has 0 heterocycles. The molecule has 12 heavy (non-hydrogen) atoms. The third-order valence-electron chi connectivity index (χ3n) is 1.73. The Bertz CT molecular complexity index is 137. The van der Waals surface area contributed by atoms with Crippen molar-refractivity contribution in [3.8, 4) is 0 Å². The molecule has 0 aromatic carbocycles. The summed E-state index contributed by atoms with van der Waals surface area (Å²) in [7, 11) is 0. The molecular weight excluding hydrogens is 156 g/mol. The molecule has 0 aliphatic rings. The Morgan fingerprint density at radius 3 is 2.58 bits per heavy atom. The maximum Gasteiger partial charge on any atom is 0.236 e. The van der Waals surface area contributed by atoms with Gasteiger partial charge >= 0.3 is 0 Å². The molecule has 0 fully saturated rings. The van der Waals surface area contributed by atoms with Gasteiger partial charge in [-0.25, -0.2) is 0 Å². The van der Waals surface area contributed by atoms with Gasteiger partial charge in [-0.3, -0.25) is 4.79 Å².